The lowest BCUT2D eigenvalue weighted by Gasteiger charge is -2.12. The molecule has 1 saturated carbocycles. The smallest absolute Gasteiger partial charge is 0.122 e. The minimum atomic E-state index is 0.895. The number of ether oxygens (including phenoxy) is 1. The predicted molar refractivity (Wildman–Crippen MR) is 58.7 cm³/mol. The summed E-state index contributed by atoms with van der Waals surface area (Å²) < 4.78 is 5.36. The molecule has 0 saturated heterocycles. The maximum atomic E-state index is 5.36. The van der Waals surface area contributed by atoms with Gasteiger partial charge in [-0.05, 0) is 24.0 Å². The quantitative estimate of drug-likeness (QED) is 0.709. The van der Waals surface area contributed by atoms with Gasteiger partial charge in [0.25, 0.3) is 0 Å². The topological polar surface area (TPSA) is 9.23 Å². The largest absolute Gasteiger partial charge is 0.496 e. The first-order valence-electron chi connectivity index (χ1n) is 5.52. The lowest BCUT2D eigenvalue weighted by molar-refractivity contribution is 0.404. The van der Waals surface area contributed by atoms with E-state index in [-0.39, 0.29) is 0 Å². The van der Waals surface area contributed by atoms with Crippen LogP contribution in [0, 0.1) is 5.92 Å². The normalized spacial score (nSPS) is 17.2. The van der Waals surface area contributed by atoms with E-state index < -0.39 is 0 Å². The first-order valence-corrected chi connectivity index (χ1v) is 5.52. The molecule has 0 spiro atoms. The number of methoxy groups -OCH3 is 1. The van der Waals surface area contributed by atoms with Gasteiger partial charge >= 0.3 is 0 Å². The predicted octanol–water partition coefficient (Wildman–Crippen LogP) is 3.43. The summed E-state index contributed by atoms with van der Waals surface area (Å²) in [6.45, 7) is 0. The average Bonchev–Trinajstić information content (AvgIpc) is 2.71. The summed E-state index contributed by atoms with van der Waals surface area (Å²) in [4.78, 5) is 0. The molecule has 0 heterocycles. The molecule has 0 aromatic heterocycles. The average molecular weight is 190 g/mol. The summed E-state index contributed by atoms with van der Waals surface area (Å²) in [6.07, 6.45) is 6.83. The van der Waals surface area contributed by atoms with Crippen LogP contribution >= 0.6 is 0 Å². The van der Waals surface area contributed by atoms with Crippen molar-refractivity contribution in [2.24, 2.45) is 5.92 Å². The van der Waals surface area contributed by atoms with Crippen molar-refractivity contribution < 1.29 is 4.74 Å². The molecular formula is C13H18O. The molecule has 1 nitrogen and oxygen atoms in total. The molecule has 0 amide bonds. The fraction of sp³-hybridized carbons (Fsp3) is 0.538. The molecule has 1 aromatic rings. The zero-order valence-electron chi connectivity index (χ0n) is 8.83. The molecule has 1 aliphatic carbocycles. The van der Waals surface area contributed by atoms with Gasteiger partial charge in [0.15, 0.2) is 0 Å². The zero-order chi connectivity index (χ0) is 9.80. The van der Waals surface area contributed by atoms with Crippen LogP contribution < -0.4 is 4.74 Å². The van der Waals surface area contributed by atoms with Crippen molar-refractivity contribution in [1.29, 1.82) is 0 Å². The van der Waals surface area contributed by atoms with Crippen LogP contribution in [-0.2, 0) is 6.42 Å². The minimum Gasteiger partial charge on any atom is -0.496 e. The molecule has 76 valence electrons. The Hall–Kier alpha value is -0.980. The molecule has 2 rings (SSSR count). The van der Waals surface area contributed by atoms with Crippen LogP contribution in [-0.4, -0.2) is 7.11 Å². The second-order valence-corrected chi connectivity index (χ2v) is 4.17. The van der Waals surface area contributed by atoms with Crippen molar-refractivity contribution in [3.63, 3.8) is 0 Å². The van der Waals surface area contributed by atoms with Crippen molar-refractivity contribution in [1.82, 2.24) is 0 Å². The third kappa shape index (κ3) is 2.09. The highest BCUT2D eigenvalue weighted by molar-refractivity contribution is 5.33. The zero-order valence-corrected chi connectivity index (χ0v) is 8.83. The number of rotatable bonds is 3. The highest BCUT2D eigenvalue weighted by Crippen LogP contribution is 2.30. The molecular weight excluding hydrogens is 172 g/mol. The van der Waals surface area contributed by atoms with E-state index in [1.54, 1.807) is 7.11 Å². The van der Waals surface area contributed by atoms with Crippen molar-refractivity contribution in [2.75, 3.05) is 7.11 Å². The van der Waals surface area contributed by atoms with E-state index in [1.807, 2.05) is 6.07 Å². The van der Waals surface area contributed by atoms with Gasteiger partial charge in [-0.25, -0.2) is 0 Å². The Balaban J connectivity index is 2.07. The third-order valence-corrected chi connectivity index (χ3v) is 3.18. The SMILES string of the molecule is COc1ccccc1CC1CCCC1. The number of hydrogen-bond donors (Lipinski definition) is 0. The minimum absolute atomic E-state index is 0.895. The van der Waals surface area contributed by atoms with Crippen LogP contribution in [0.2, 0.25) is 0 Å². The molecule has 14 heavy (non-hydrogen) atoms. The Bertz CT molecular complexity index is 287. The van der Waals surface area contributed by atoms with Crippen LogP contribution in [0.15, 0.2) is 24.3 Å². The lowest BCUT2D eigenvalue weighted by Crippen LogP contribution is -2.00. The lowest BCUT2D eigenvalue weighted by atomic mass is 9.97. The van der Waals surface area contributed by atoms with E-state index in [1.165, 1.54) is 37.7 Å². The first kappa shape index (κ1) is 9.57. The second kappa shape index (κ2) is 4.50. The summed E-state index contributed by atoms with van der Waals surface area (Å²) in [7, 11) is 1.76. The highest BCUT2D eigenvalue weighted by atomic mass is 16.5. The maximum absolute atomic E-state index is 5.36. The molecule has 0 unspecified atom stereocenters. The van der Waals surface area contributed by atoms with Gasteiger partial charge in [0, 0.05) is 0 Å². The summed E-state index contributed by atoms with van der Waals surface area (Å²) in [6, 6.07) is 8.39. The van der Waals surface area contributed by atoms with E-state index >= 15 is 0 Å². The van der Waals surface area contributed by atoms with Crippen LogP contribution in [0.1, 0.15) is 31.2 Å². The highest BCUT2D eigenvalue weighted by Gasteiger charge is 2.16. The third-order valence-electron chi connectivity index (χ3n) is 3.18. The van der Waals surface area contributed by atoms with Gasteiger partial charge in [-0.1, -0.05) is 43.9 Å². The van der Waals surface area contributed by atoms with Crippen molar-refractivity contribution >= 4 is 0 Å². The molecule has 0 radical (unpaired) electrons. The number of benzene rings is 1. The number of hydrogen-bond acceptors (Lipinski definition) is 1. The summed E-state index contributed by atoms with van der Waals surface area (Å²) in [5.41, 5.74) is 1.38. The van der Waals surface area contributed by atoms with E-state index in [2.05, 4.69) is 18.2 Å². The van der Waals surface area contributed by atoms with Crippen LogP contribution in [0.5, 0.6) is 5.75 Å². The molecule has 1 aromatic carbocycles. The van der Waals surface area contributed by atoms with Gasteiger partial charge in [0.05, 0.1) is 7.11 Å². The Kier molecular flexibility index (Phi) is 3.07. The molecule has 0 bridgehead atoms. The standard InChI is InChI=1S/C13H18O/c1-14-13-9-5-4-8-12(13)10-11-6-2-3-7-11/h4-5,8-9,11H,2-3,6-7,10H2,1H3. The van der Waals surface area contributed by atoms with Crippen LogP contribution in [0.3, 0.4) is 0 Å². The molecule has 1 fully saturated rings. The van der Waals surface area contributed by atoms with Gasteiger partial charge in [0.1, 0.15) is 5.75 Å². The second-order valence-electron chi connectivity index (χ2n) is 4.17. The Morgan fingerprint density at radius 3 is 2.64 bits per heavy atom. The van der Waals surface area contributed by atoms with Gasteiger partial charge in [0.2, 0.25) is 0 Å². The van der Waals surface area contributed by atoms with Gasteiger partial charge < -0.3 is 4.74 Å². The van der Waals surface area contributed by atoms with Gasteiger partial charge in [-0.2, -0.15) is 0 Å². The van der Waals surface area contributed by atoms with E-state index in [0.29, 0.717) is 0 Å². The molecule has 0 aliphatic heterocycles. The fourth-order valence-electron chi connectivity index (χ4n) is 2.40. The maximum Gasteiger partial charge on any atom is 0.122 e. The first-order chi connectivity index (χ1) is 6.90. The Labute approximate surface area is 86.1 Å². The summed E-state index contributed by atoms with van der Waals surface area (Å²) >= 11 is 0. The summed E-state index contributed by atoms with van der Waals surface area (Å²) in [5.74, 6) is 1.95. The Morgan fingerprint density at radius 2 is 1.93 bits per heavy atom. The van der Waals surface area contributed by atoms with Gasteiger partial charge in [-0.15, -0.1) is 0 Å². The Morgan fingerprint density at radius 1 is 1.21 bits per heavy atom. The van der Waals surface area contributed by atoms with Crippen LogP contribution in [0.4, 0.5) is 0 Å². The molecule has 0 atom stereocenters. The van der Waals surface area contributed by atoms with E-state index in [9.17, 15) is 0 Å². The van der Waals surface area contributed by atoms with Crippen LogP contribution in [0.25, 0.3) is 0 Å². The summed E-state index contributed by atoms with van der Waals surface area (Å²) in [5, 5.41) is 0. The molecule has 1 aliphatic rings. The van der Waals surface area contributed by atoms with Gasteiger partial charge in [-0.3, -0.25) is 0 Å². The van der Waals surface area contributed by atoms with Crippen molar-refractivity contribution in [3.05, 3.63) is 29.8 Å². The fourth-order valence-corrected chi connectivity index (χ4v) is 2.40. The van der Waals surface area contributed by atoms with Crippen molar-refractivity contribution in [3.8, 4) is 5.75 Å². The van der Waals surface area contributed by atoms with Crippen molar-refractivity contribution in [2.45, 2.75) is 32.1 Å². The number of para-hydroxylation sites is 1. The molecule has 0 N–H and O–H groups in total. The van der Waals surface area contributed by atoms with E-state index in [0.717, 1.165) is 11.7 Å². The molecule has 1 heteroatoms. The van der Waals surface area contributed by atoms with E-state index in [4.69, 9.17) is 4.74 Å². The monoisotopic (exact) mass is 190 g/mol.